The van der Waals surface area contributed by atoms with Crippen molar-refractivity contribution in [3.63, 3.8) is 0 Å². The second-order valence-electron chi connectivity index (χ2n) is 4.25. The molecule has 0 saturated carbocycles. The zero-order valence-corrected chi connectivity index (χ0v) is 10.1. The lowest BCUT2D eigenvalue weighted by molar-refractivity contribution is -0.119. The van der Waals surface area contributed by atoms with E-state index >= 15 is 0 Å². The number of para-hydroxylation sites is 1. The van der Waals surface area contributed by atoms with Gasteiger partial charge in [-0.05, 0) is 24.5 Å². The third kappa shape index (κ3) is 2.62. The number of carbonyl (C=O) groups excluding carboxylic acids is 1. The van der Waals surface area contributed by atoms with E-state index in [1.165, 1.54) is 6.07 Å². The molecule has 0 atom stereocenters. The summed E-state index contributed by atoms with van der Waals surface area (Å²) in [5.41, 5.74) is 1.52. The Morgan fingerprint density at radius 3 is 3.17 bits per heavy atom. The van der Waals surface area contributed by atoms with E-state index in [1.54, 1.807) is 11.0 Å². The van der Waals surface area contributed by atoms with Gasteiger partial charge in [0.15, 0.2) is 0 Å². The molecule has 0 spiro atoms. The average molecular weight is 246 g/mol. The fourth-order valence-corrected chi connectivity index (χ4v) is 2.23. The van der Waals surface area contributed by atoms with Crippen LogP contribution in [0.5, 0.6) is 0 Å². The number of halogens is 1. The quantitative estimate of drug-likeness (QED) is 0.816. The molecular weight excluding hydrogens is 231 g/mol. The van der Waals surface area contributed by atoms with Gasteiger partial charge >= 0.3 is 0 Å². The highest BCUT2D eigenvalue weighted by molar-refractivity contribution is 5.82. The van der Waals surface area contributed by atoms with Crippen molar-refractivity contribution in [3.8, 4) is 12.3 Å². The molecule has 0 saturated heterocycles. The van der Waals surface area contributed by atoms with Crippen molar-refractivity contribution in [2.75, 3.05) is 24.5 Å². The summed E-state index contributed by atoms with van der Waals surface area (Å²) >= 11 is 0. The van der Waals surface area contributed by atoms with E-state index in [0.717, 1.165) is 18.4 Å². The minimum atomic E-state index is -0.267. The van der Waals surface area contributed by atoms with Gasteiger partial charge in [-0.2, -0.15) is 0 Å². The second-order valence-corrected chi connectivity index (χ2v) is 4.25. The summed E-state index contributed by atoms with van der Waals surface area (Å²) in [5, 5.41) is 2.59. The molecule has 0 bridgehead atoms. The number of amides is 1. The Labute approximate surface area is 106 Å². The van der Waals surface area contributed by atoms with E-state index < -0.39 is 0 Å². The third-order valence-corrected chi connectivity index (χ3v) is 2.98. The first-order valence-electron chi connectivity index (χ1n) is 5.95. The molecule has 2 rings (SSSR count). The molecule has 3 nitrogen and oxygen atoms in total. The molecule has 1 N–H and O–H groups in total. The number of nitrogens with zero attached hydrogens (tertiary/aromatic N) is 1. The van der Waals surface area contributed by atoms with Crippen LogP contribution in [0.15, 0.2) is 18.2 Å². The Kier molecular flexibility index (Phi) is 3.83. The van der Waals surface area contributed by atoms with Crippen LogP contribution < -0.4 is 10.2 Å². The van der Waals surface area contributed by atoms with E-state index in [1.807, 2.05) is 6.07 Å². The third-order valence-electron chi connectivity index (χ3n) is 2.98. The number of carbonyl (C=O) groups is 1. The van der Waals surface area contributed by atoms with Crippen LogP contribution in [0.2, 0.25) is 0 Å². The SMILES string of the molecule is C#CCNC(=O)CN1CCCc2cccc(F)c21. The molecule has 4 heteroatoms. The maximum absolute atomic E-state index is 13.8. The van der Waals surface area contributed by atoms with Crippen molar-refractivity contribution in [1.82, 2.24) is 5.32 Å². The summed E-state index contributed by atoms with van der Waals surface area (Å²) in [6, 6.07) is 5.04. The van der Waals surface area contributed by atoms with Crippen molar-refractivity contribution in [1.29, 1.82) is 0 Å². The molecule has 94 valence electrons. The van der Waals surface area contributed by atoms with Crippen molar-refractivity contribution in [3.05, 3.63) is 29.6 Å². The van der Waals surface area contributed by atoms with Crippen molar-refractivity contribution < 1.29 is 9.18 Å². The summed E-state index contributed by atoms with van der Waals surface area (Å²) < 4.78 is 13.8. The van der Waals surface area contributed by atoms with Crippen molar-refractivity contribution >= 4 is 11.6 Å². The van der Waals surface area contributed by atoms with Gasteiger partial charge in [-0.15, -0.1) is 6.42 Å². The molecule has 1 heterocycles. The fourth-order valence-electron chi connectivity index (χ4n) is 2.23. The standard InChI is InChI=1S/C14H15FN2O/c1-2-8-16-13(18)10-17-9-4-6-11-5-3-7-12(15)14(11)17/h1,3,5,7H,4,6,8-10H2,(H,16,18). The molecule has 1 aliphatic heterocycles. The smallest absolute Gasteiger partial charge is 0.240 e. The van der Waals surface area contributed by atoms with Gasteiger partial charge in [-0.1, -0.05) is 18.1 Å². The summed E-state index contributed by atoms with van der Waals surface area (Å²) in [7, 11) is 0. The van der Waals surface area contributed by atoms with E-state index in [9.17, 15) is 9.18 Å². The molecule has 0 aromatic heterocycles. The topological polar surface area (TPSA) is 32.3 Å². The molecule has 0 fully saturated rings. The van der Waals surface area contributed by atoms with Crippen molar-refractivity contribution in [2.24, 2.45) is 0 Å². The highest BCUT2D eigenvalue weighted by atomic mass is 19.1. The van der Waals surface area contributed by atoms with Crippen LogP contribution in [0.3, 0.4) is 0 Å². The number of aryl methyl sites for hydroxylation is 1. The number of nitrogens with one attached hydrogen (secondary N) is 1. The molecule has 1 aliphatic rings. The van der Waals surface area contributed by atoms with Crippen LogP contribution in [0, 0.1) is 18.2 Å². The highest BCUT2D eigenvalue weighted by Gasteiger charge is 2.21. The van der Waals surface area contributed by atoms with Crippen LogP contribution in [-0.4, -0.2) is 25.5 Å². The summed E-state index contributed by atoms with van der Waals surface area (Å²) in [5.74, 6) is 1.90. The monoisotopic (exact) mass is 246 g/mol. The zero-order valence-electron chi connectivity index (χ0n) is 10.1. The predicted molar refractivity (Wildman–Crippen MR) is 68.8 cm³/mol. The first-order valence-corrected chi connectivity index (χ1v) is 5.95. The van der Waals surface area contributed by atoms with Gasteiger partial charge in [0.05, 0.1) is 18.8 Å². The number of anilines is 1. The summed E-state index contributed by atoms with van der Waals surface area (Å²) in [6.07, 6.45) is 6.86. The first-order chi connectivity index (χ1) is 8.72. The molecule has 0 aliphatic carbocycles. The van der Waals surface area contributed by atoms with E-state index in [4.69, 9.17) is 6.42 Å². The molecule has 1 amide bonds. The minimum absolute atomic E-state index is 0.148. The Morgan fingerprint density at radius 2 is 2.39 bits per heavy atom. The zero-order chi connectivity index (χ0) is 13.0. The van der Waals surface area contributed by atoms with Crippen molar-refractivity contribution in [2.45, 2.75) is 12.8 Å². The molecule has 1 aromatic carbocycles. The number of terminal acetylenes is 1. The fraction of sp³-hybridized carbons (Fsp3) is 0.357. The lowest BCUT2D eigenvalue weighted by atomic mass is 10.0. The normalized spacial score (nSPS) is 13.7. The Morgan fingerprint density at radius 1 is 1.56 bits per heavy atom. The predicted octanol–water partition coefficient (Wildman–Crippen LogP) is 1.33. The average Bonchev–Trinajstić information content (AvgIpc) is 2.37. The van der Waals surface area contributed by atoms with Crippen LogP contribution in [0.25, 0.3) is 0 Å². The number of fused-ring (bicyclic) bond motifs is 1. The van der Waals surface area contributed by atoms with Gasteiger partial charge in [0.25, 0.3) is 0 Å². The Balaban J connectivity index is 2.13. The Bertz CT molecular complexity index is 493. The summed E-state index contributed by atoms with van der Waals surface area (Å²) in [6.45, 7) is 1.05. The number of rotatable bonds is 3. The lowest BCUT2D eigenvalue weighted by Gasteiger charge is -2.30. The lowest BCUT2D eigenvalue weighted by Crippen LogP contribution is -2.40. The van der Waals surface area contributed by atoms with Crippen LogP contribution in [0.4, 0.5) is 10.1 Å². The van der Waals surface area contributed by atoms with Gasteiger partial charge in [0.1, 0.15) is 5.82 Å². The van der Waals surface area contributed by atoms with E-state index in [0.29, 0.717) is 12.2 Å². The van der Waals surface area contributed by atoms with Gasteiger partial charge in [-0.25, -0.2) is 4.39 Å². The highest BCUT2D eigenvalue weighted by Crippen LogP contribution is 2.29. The molecule has 0 radical (unpaired) electrons. The maximum Gasteiger partial charge on any atom is 0.240 e. The minimum Gasteiger partial charge on any atom is -0.360 e. The van der Waals surface area contributed by atoms with Gasteiger partial charge in [-0.3, -0.25) is 4.79 Å². The molecule has 1 aromatic rings. The largest absolute Gasteiger partial charge is 0.360 e. The number of hydrogen-bond donors (Lipinski definition) is 1. The van der Waals surface area contributed by atoms with E-state index in [2.05, 4.69) is 11.2 Å². The van der Waals surface area contributed by atoms with Gasteiger partial charge in [0.2, 0.25) is 5.91 Å². The first kappa shape index (κ1) is 12.4. The van der Waals surface area contributed by atoms with E-state index in [-0.39, 0.29) is 24.8 Å². The second kappa shape index (κ2) is 5.54. The van der Waals surface area contributed by atoms with Crippen LogP contribution in [-0.2, 0) is 11.2 Å². The van der Waals surface area contributed by atoms with Gasteiger partial charge in [0, 0.05) is 6.54 Å². The molecule has 0 unspecified atom stereocenters. The molecular formula is C14H15FN2O. The van der Waals surface area contributed by atoms with Crippen LogP contribution in [0.1, 0.15) is 12.0 Å². The maximum atomic E-state index is 13.8. The molecule has 18 heavy (non-hydrogen) atoms. The number of benzene rings is 1. The number of hydrogen-bond acceptors (Lipinski definition) is 2. The van der Waals surface area contributed by atoms with Crippen LogP contribution >= 0.6 is 0 Å². The Hall–Kier alpha value is -2.02. The summed E-state index contributed by atoms with van der Waals surface area (Å²) in [4.78, 5) is 13.4. The van der Waals surface area contributed by atoms with Gasteiger partial charge < -0.3 is 10.2 Å².